The molecule has 0 aliphatic rings. The van der Waals surface area contributed by atoms with Gasteiger partial charge in [-0.3, -0.25) is 23.4 Å². The molecule has 0 radical (unpaired) electrons. The van der Waals surface area contributed by atoms with E-state index in [2.05, 4.69) is 10.1 Å². The van der Waals surface area contributed by atoms with Crippen molar-refractivity contribution >= 4 is 28.6 Å². The molecule has 3 aromatic rings. The maximum atomic E-state index is 12.7. The molecule has 0 fully saturated rings. The van der Waals surface area contributed by atoms with E-state index in [0.717, 1.165) is 9.13 Å². The van der Waals surface area contributed by atoms with E-state index >= 15 is 0 Å². The Morgan fingerprint density at radius 3 is 2.45 bits per heavy atom. The number of pyridine rings is 1. The summed E-state index contributed by atoms with van der Waals surface area (Å²) in [6.45, 7) is 2.74. The zero-order chi connectivity index (χ0) is 21.6. The van der Waals surface area contributed by atoms with E-state index in [1.165, 1.54) is 14.1 Å². The SMILES string of the molecule is Cc1cc(C(=O)OCC(=O)c2c(N)n(C)c(=O)n(C)c2=O)c2c(C)nn(C)c2n1. The summed E-state index contributed by atoms with van der Waals surface area (Å²) in [4.78, 5) is 53.7. The summed E-state index contributed by atoms with van der Waals surface area (Å²) in [7, 11) is 4.27. The Labute approximate surface area is 164 Å². The van der Waals surface area contributed by atoms with Crippen LogP contribution >= 0.6 is 0 Å². The van der Waals surface area contributed by atoms with E-state index in [1.807, 2.05) is 0 Å². The van der Waals surface area contributed by atoms with Crippen molar-refractivity contribution in [1.29, 1.82) is 0 Å². The van der Waals surface area contributed by atoms with E-state index in [1.54, 1.807) is 31.6 Å². The van der Waals surface area contributed by atoms with E-state index in [-0.39, 0.29) is 11.4 Å². The first-order valence-electron chi connectivity index (χ1n) is 8.61. The van der Waals surface area contributed by atoms with Crippen molar-refractivity contribution in [2.75, 3.05) is 12.3 Å². The van der Waals surface area contributed by atoms with Crippen molar-refractivity contribution in [3.63, 3.8) is 0 Å². The number of esters is 1. The quantitative estimate of drug-likeness (QED) is 0.460. The zero-order valence-electron chi connectivity index (χ0n) is 16.6. The van der Waals surface area contributed by atoms with Crippen LogP contribution in [0.25, 0.3) is 11.0 Å². The highest BCUT2D eigenvalue weighted by molar-refractivity contribution is 6.06. The molecule has 0 spiro atoms. The maximum Gasteiger partial charge on any atom is 0.339 e. The van der Waals surface area contributed by atoms with Crippen LogP contribution in [0.1, 0.15) is 32.1 Å². The number of hydrogen-bond acceptors (Lipinski definition) is 8. The third-order valence-corrected chi connectivity index (χ3v) is 4.64. The Morgan fingerprint density at radius 2 is 1.79 bits per heavy atom. The van der Waals surface area contributed by atoms with Gasteiger partial charge in [-0.2, -0.15) is 5.10 Å². The van der Waals surface area contributed by atoms with Crippen molar-refractivity contribution in [2.24, 2.45) is 21.1 Å². The van der Waals surface area contributed by atoms with Gasteiger partial charge in [0.25, 0.3) is 5.56 Å². The number of nitrogens with zero attached hydrogens (tertiary/aromatic N) is 5. The number of anilines is 1. The van der Waals surface area contributed by atoms with Gasteiger partial charge in [-0.15, -0.1) is 0 Å². The van der Waals surface area contributed by atoms with Gasteiger partial charge in [-0.1, -0.05) is 0 Å². The van der Waals surface area contributed by atoms with Crippen LogP contribution in [-0.2, 0) is 25.9 Å². The second kappa shape index (κ2) is 7.00. The molecule has 3 heterocycles. The first-order chi connectivity index (χ1) is 13.5. The van der Waals surface area contributed by atoms with Crippen molar-refractivity contribution in [3.05, 3.63) is 49.4 Å². The van der Waals surface area contributed by atoms with E-state index in [0.29, 0.717) is 22.4 Å². The lowest BCUT2D eigenvalue weighted by Gasteiger charge is -2.11. The average Bonchev–Trinajstić information content (AvgIpc) is 2.96. The Kier molecular flexibility index (Phi) is 4.83. The summed E-state index contributed by atoms with van der Waals surface area (Å²) in [5, 5.41) is 4.78. The van der Waals surface area contributed by atoms with E-state index in [9.17, 15) is 19.2 Å². The van der Waals surface area contributed by atoms with Gasteiger partial charge in [0.05, 0.1) is 16.6 Å². The summed E-state index contributed by atoms with van der Waals surface area (Å²) in [5.41, 5.74) is 5.73. The number of ketones is 1. The van der Waals surface area contributed by atoms with E-state index in [4.69, 9.17) is 10.5 Å². The Morgan fingerprint density at radius 1 is 1.14 bits per heavy atom. The van der Waals surface area contributed by atoms with Gasteiger partial charge < -0.3 is 10.5 Å². The third-order valence-electron chi connectivity index (χ3n) is 4.64. The highest BCUT2D eigenvalue weighted by Crippen LogP contribution is 2.22. The van der Waals surface area contributed by atoms with Crippen LogP contribution in [0.15, 0.2) is 15.7 Å². The topological polar surface area (TPSA) is 144 Å². The number of aromatic nitrogens is 5. The largest absolute Gasteiger partial charge is 0.454 e. The normalized spacial score (nSPS) is 11.1. The summed E-state index contributed by atoms with van der Waals surface area (Å²) in [6, 6.07) is 1.55. The summed E-state index contributed by atoms with van der Waals surface area (Å²) < 4.78 is 8.44. The van der Waals surface area contributed by atoms with Crippen molar-refractivity contribution in [2.45, 2.75) is 13.8 Å². The number of carbonyl (C=O) groups excluding carboxylic acids is 2. The smallest absolute Gasteiger partial charge is 0.339 e. The number of hydrogen-bond donors (Lipinski definition) is 1. The van der Waals surface area contributed by atoms with Gasteiger partial charge in [0, 0.05) is 26.8 Å². The Balaban J connectivity index is 1.94. The standard InChI is InChI=1S/C18H20N6O5/c1-8-6-10(12-9(2)21-24(5)15(12)20-8)17(27)29-7-11(25)13-14(19)22(3)18(28)23(4)16(13)26/h6H,7,19H2,1-5H3. The molecule has 0 aliphatic carbocycles. The molecular weight excluding hydrogens is 380 g/mol. The number of aryl methyl sites for hydroxylation is 3. The number of Topliss-reactive ketones (excluding diaryl/α,β-unsaturated/α-hetero) is 1. The van der Waals surface area contributed by atoms with Gasteiger partial charge in [0.15, 0.2) is 12.3 Å². The number of rotatable bonds is 4. The number of fused-ring (bicyclic) bond motifs is 1. The third kappa shape index (κ3) is 3.20. The molecule has 29 heavy (non-hydrogen) atoms. The average molecular weight is 400 g/mol. The minimum Gasteiger partial charge on any atom is -0.454 e. The second-order valence-corrected chi connectivity index (χ2v) is 6.68. The molecule has 0 amide bonds. The lowest BCUT2D eigenvalue weighted by atomic mass is 10.1. The van der Waals surface area contributed by atoms with E-state index < -0.39 is 35.2 Å². The molecule has 0 bridgehead atoms. The fourth-order valence-corrected chi connectivity index (χ4v) is 3.13. The Hall–Kier alpha value is -3.76. The van der Waals surface area contributed by atoms with Crippen molar-refractivity contribution < 1.29 is 14.3 Å². The van der Waals surface area contributed by atoms with Gasteiger partial charge >= 0.3 is 11.7 Å². The lowest BCUT2D eigenvalue weighted by molar-refractivity contribution is 0.0476. The summed E-state index contributed by atoms with van der Waals surface area (Å²) in [5.74, 6) is -1.86. The first kappa shape index (κ1) is 20.0. The molecule has 152 valence electrons. The second-order valence-electron chi connectivity index (χ2n) is 6.68. The lowest BCUT2D eigenvalue weighted by Crippen LogP contribution is -2.42. The highest BCUT2D eigenvalue weighted by Gasteiger charge is 2.23. The van der Waals surface area contributed by atoms with Crippen LogP contribution in [-0.4, -0.2) is 42.3 Å². The fraction of sp³-hybridized carbons (Fsp3) is 0.333. The van der Waals surface area contributed by atoms with Crippen molar-refractivity contribution in [3.8, 4) is 0 Å². The molecular formula is C18H20N6O5. The number of nitrogens with two attached hydrogens (primary N) is 1. The molecule has 11 nitrogen and oxygen atoms in total. The minimum atomic E-state index is -0.850. The van der Waals surface area contributed by atoms with Gasteiger partial charge in [0.2, 0.25) is 5.78 Å². The molecule has 3 rings (SSSR count). The van der Waals surface area contributed by atoms with Gasteiger partial charge in [0.1, 0.15) is 11.4 Å². The molecule has 3 aromatic heterocycles. The number of carbonyl (C=O) groups is 2. The number of nitrogen functional groups attached to an aromatic ring is 1. The molecule has 0 saturated carbocycles. The highest BCUT2D eigenvalue weighted by atomic mass is 16.5. The molecule has 0 atom stereocenters. The van der Waals surface area contributed by atoms with Crippen LogP contribution in [0.2, 0.25) is 0 Å². The predicted molar refractivity (Wildman–Crippen MR) is 104 cm³/mol. The Bertz CT molecular complexity index is 1300. The summed E-state index contributed by atoms with van der Waals surface area (Å²) in [6.07, 6.45) is 0. The minimum absolute atomic E-state index is 0.215. The number of ether oxygens (including phenoxy) is 1. The monoisotopic (exact) mass is 400 g/mol. The predicted octanol–water partition coefficient (Wildman–Crippen LogP) is -0.396. The first-order valence-corrected chi connectivity index (χ1v) is 8.61. The van der Waals surface area contributed by atoms with Crippen LogP contribution in [0.3, 0.4) is 0 Å². The summed E-state index contributed by atoms with van der Waals surface area (Å²) >= 11 is 0. The van der Waals surface area contributed by atoms with Crippen LogP contribution in [0.4, 0.5) is 5.82 Å². The maximum absolute atomic E-state index is 12.7. The fourth-order valence-electron chi connectivity index (χ4n) is 3.13. The molecule has 0 unspecified atom stereocenters. The molecule has 0 saturated heterocycles. The molecule has 0 aliphatic heterocycles. The van der Waals surface area contributed by atoms with Gasteiger partial charge in [-0.25, -0.2) is 14.6 Å². The van der Waals surface area contributed by atoms with Gasteiger partial charge in [-0.05, 0) is 19.9 Å². The van der Waals surface area contributed by atoms with Crippen LogP contribution in [0, 0.1) is 13.8 Å². The van der Waals surface area contributed by atoms with Crippen LogP contribution < -0.4 is 17.0 Å². The van der Waals surface area contributed by atoms with Crippen molar-refractivity contribution in [1.82, 2.24) is 23.9 Å². The molecule has 11 heteroatoms. The molecule has 0 aromatic carbocycles. The van der Waals surface area contributed by atoms with Crippen LogP contribution in [0.5, 0.6) is 0 Å². The zero-order valence-corrected chi connectivity index (χ0v) is 16.6. The molecule has 2 N–H and O–H groups in total.